The minimum atomic E-state index is -0.812. The molecule has 1 aromatic rings. The number of hydrogen-bond acceptors (Lipinski definition) is 5. The highest BCUT2D eigenvalue weighted by Crippen LogP contribution is 2.63. The van der Waals surface area contributed by atoms with Crippen molar-refractivity contribution in [3.05, 3.63) is 48.6 Å². The lowest BCUT2D eigenvalue weighted by Gasteiger charge is -2.47. The summed E-state index contributed by atoms with van der Waals surface area (Å²) in [6.45, 7) is 6.22. The van der Waals surface area contributed by atoms with Crippen LogP contribution < -0.4 is 9.47 Å². The zero-order chi connectivity index (χ0) is 19.7. The predicted octanol–water partition coefficient (Wildman–Crippen LogP) is 4.29. The van der Waals surface area contributed by atoms with Crippen molar-refractivity contribution in [2.24, 2.45) is 11.3 Å². The van der Waals surface area contributed by atoms with Crippen molar-refractivity contribution in [1.82, 2.24) is 0 Å². The SMILES string of the molecule is C=CC[C@@]12C[C@H](OC)C=C[C@@]1(OC)O[C@H](c1ccc(OC)c(OC)c1)[C@@H]2C. The minimum Gasteiger partial charge on any atom is -0.493 e. The normalized spacial score (nSPS) is 34.9. The summed E-state index contributed by atoms with van der Waals surface area (Å²) in [7, 11) is 6.72. The molecular formula is C22H30O5. The van der Waals surface area contributed by atoms with Crippen LogP contribution in [0.5, 0.6) is 11.5 Å². The summed E-state index contributed by atoms with van der Waals surface area (Å²) in [5.74, 6) is 0.755. The lowest BCUT2D eigenvalue weighted by atomic mass is 9.62. The molecule has 3 rings (SSSR count). The number of hydrogen-bond donors (Lipinski definition) is 0. The molecule has 0 spiro atoms. The van der Waals surface area contributed by atoms with Crippen LogP contribution in [0.1, 0.15) is 31.4 Å². The summed E-state index contributed by atoms with van der Waals surface area (Å²) >= 11 is 0. The highest BCUT2D eigenvalue weighted by Gasteiger charge is 2.64. The van der Waals surface area contributed by atoms with Gasteiger partial charge >= 0.3 is 0 Å². The third-order valence-corrected chi connectivity index (χ3v) is 6.27. The molecule has 0 radical (unpaired) electrons. The smallest absolute Gasteiger partial charge is 0.194 e. The van der Waals surface area contributed by atoms with Gasteiger partial charge in [0.15, 0.2) is 17.3 Å². The van der Waals surface area contributed by atoms with Gasteiger partial charge in [-0.1, -0.05) is 25.1 Å². The fourth-order valence-electron chi connectivity index (χ4n) is 4.75. The third kappa shape index (κ3) is 2.98. The number of allylic oxidation sites excluding steroid dienone is 1. The van der Waals surface area contributed by atoms with Crippen molar-refractivity contribution in [1.29, 1.82) is 0 Å². The molecule has 148 valence electrons. The molecule has 0 amide bonds. The van der Waals surface area contributed by atoms with Crippen LogP contribution in [0.4, 0.5) is 0 Å². The molecule has 0 N–H and O–H groups in total. The largest absolute Gasteiger partial charge is 0.493 e. The second-order valence-electron chi connectivity index (χ2n) is 7.30. The Bertz CT molecular complexity index is 715. The predicted molar refractivity (Wildman–Crippen MR) is 104 cm³/mol. The third-order valence-electron chi connectivity index (χ3n) is 6.27. The second-order valence-corrected chi connectivity index (χ2v) is 7.30. The molecule has 1 saturated heterocycles. The Balaban J connectivity index is 2.06. The van der Waals surface area contributed by atoms with Crippen LogP contribution in [-0.2, 0) is 14.2 Å². The number of ether oxygens (including phenoxy) is 5. The van der Waals surface area contributed by atoms with Crippen LogP contribution in [0.15, 0.2) is 43.0 Å². The molecule has 0 bridgehead atoms. The Morgan fingerprint density at radius 1 is 1.19 bits per heavy atom. The zero-order valence-corrected chi connectivity index (χ0v) is 16.9. The second kappa shape index (κ2) is 7.66. The van der Waals surface area contributed by atoms with Gasteiger partial charge in [0.1, 0.15) is 0 Å². The fraction of sp³-hybridized carbons (Fsp3) is 0.545. The van der Waals surface area contributed by atoms with E-state index in [1.165, 1.54) is 0 Å². The van der Waals surface area contributed by atoms with Crippen molar-refractivity contribution in [2.75, 3.05) is 28.4 Å². The van der Waals surface area contributed by atoms with Crippen LogP contribution in [-0.4, -0.2) is 40.3 Å². The average molecular weight is 374 g/mol. The summed E-state index contributed by atoms with van der Waals surface area (Å²) in [5, 5.41) is 0. The van der Waals surface area contributed by atoms with Crippen molar-refractivity contribution in [2.45, 2.75) is 37.8 Å². The first-order valence-corrected chi connectivity index (χ1v) is 9.28. The van der Waals surface area contributed by atoms with Crippen LogP contribution in [0.2, 0.25) is 0 Å². The van der Waals surface area contributed by atoms with Gasteiger partial charge < -0.3 is 23.7 Å². The molecular weight excluding hydrogens is 344 g/mol. The van der Waals surface area contributed by atoms with Gasteiger partial charge in [-0.15, -0.1) is 6.58 Å². The molecule has 0 unspecified atom stereocenters. The van der Waals surface area contributed by atoms with E-state index in [1.807, 2.05) is 36.4 Å². The van der Waals surface area contributed by atoms with Gasteiger partial charge in [-0.2, -0.15) is 0 Å². The molecule has 2 aliphatic rings. The standard InChI is InChI=1S/C22H30O5/c1-7-11-21-14-17(23-3)10-12-22(21,26-6)27-20(15(21)2)16-8-9-18(24-4)19(13-16)25-5/h7-10,12-13,15,17,20H,1,11,14H2,2-6H3/t15-,17+,20-,21-,22+/m0/s1. The van der Waals surface area contributed by atoms with E-state index < -0.39 is 5.79 Å². The molecule has 0 aromatic heterocycles. The monoisotopic (exact) mass is 374 g/mol. The molecule has 27 heavy (non-hydrogen) atoms. The summed E-state index contributed by atoms with van der Waals surface area (Å²) in [6, 6.07) is 5.93. The Morgan fingerprint density at radius 2 is 1.93 bits per heavy atom. The van der Waals surface area contributed by atoms with Crippen molar-refractivity contribution < 1.29 is 23.7 Å². The summed E-state index contributed by atoms with van der Waals surface area (Å²) in [6.07, 6.45) is 7.48. The van der Waals surface area contributed by atoms with E-state index in [0.29, 0.717) is 11.5 Å². The van der Waals surface area contributed by atoms with Crippen molar-refractivity contribution >= 4 is 0 Å². The van der Waals surface area contributed by atoms with E-state index in [0.717, 1.165) is 18.4 Å². The van der Waals surface area contributed by atoms with Gasteiger partial charge in [0, 0.05) is 19.6 Å². The molecule has 1 aliphatic carbocycles. The molecule has 1 aliphatic heterocycles. The van der Waals surface area contributed by atoms with E-state index >= 15 is 0 Å². The van der Waals surface area contributed by atoms with Crippen LogP contribution in [0, 0.1) is 11.3 Å². The fourth-order valence-corrected chi connectivity index (χ4v) is 4.75. The number of rotatable bonds is 7. The van der Waals surface area contributed by atoms with E-state index in [4.69, 9.17) is 23.7 Å². The van der Waals surface area contributed by atoms with E-state index in [2.05, 4.69) is 13.5 Å². The van der Waals surface area contributed by atoms with Crippen LogP contribution in [0.25, 0.3) is 0 Å². The molecule has 1 aromatic carbocycles. The highest BCUT2D eigenvalue weighted by atomic mass is 16.7. The first-order chi connectivity index (χ1) is 13.0. The Hall–Kier alpha value is -1.82. The van der Waals surface area contributed by atoms with Gasteiger partial charge in [0.2, 0.25) is 0 Å². The van der Waals surface area contributed by atoms with Crippen LogP contribution in [0.3, 0.4) is 0 Å². The molecule has 5 atom stereocenters. The Labute approximate surface area is 161 Å². The number of fused-ring (bicyclic) bond motifs is 1. The Morgan fingerprint density at radius 3 is 2.52 bits per heavy atom. The van der Waals surface area contributed by atoms with Crippen molar-refractivity contribution in [3.8, 4) is 11.5 Å². The van der Waals surface area contributed by atoms with E-state index in [1.54, 1.807) is 28.4 Å². The Kier molecular flexibility index (Phi) is 5.65. The van der Waals surface area contributed by atoms with Gasteiger partial charge in [-0.25, -0.2) is 0 Å². The quantitative estimate of drug-likeness (QED) is 0.666. The molecule has 0 saturated carbocycles. The summed E-state index contributed by atoms with van der Waals surface area (Å²) in [4.78, 5) is 0. The van der Waals surface area contributed by atoms with E-state index in [-0.39, 0.29) is 23.5 Å². The average Bonchev–Trinajstić information content (AvgIpc) is 2.96. The molecule has 5 nitrogen and oxygen atoms in total. The van der Waals surface area contributed by atoms with Gasteiger partial charge in [-0.05, 0) is 42.5 Å². The highest BCUT2D eigenvalue weighted by molar-refractivity contribution is 5.44. The van der Waals surface area contributed by atoms with Gasteiger partial charge in [0.05, 0.1) is 26.4 Å². The molecule has 5 heteroatoms. The molecule has 1 fully saturated rings. The van der Waals surface area contributed by atoms with Gasteiger partial charge in [-0.3, -0.25) is 0 Å². The minimum absolute atomic E-state index is 0.0310. The topological polar surface area (TPSA) is 46.2 Å². The number of benzene rings is 1. The summed E-state index contributed by atoms with van der Waals surface area (Å²) < 4.78 is 29.1. The lowest BCUT2D eigenvalue weighted by Crippen LogP contribution is -2.51. The summed E-state index contributed by atoms with van der Waals surface area (Å²) in [5.41, 5.74) is 0.772. The van der Waals surface area contributed by atoms with Crippen LogP contribution >= 0.6 is 0 Å². The maximum absolute atomic E-state index is 6.61. The zero-order valence-electron chi connectivity index (χ0n) is 16.9. The van der Waals surface area contributed by atoms with Crippen molar-refractivity contribution in [3.63, 3.8) is 0 Å². The maximum Gasteiger partial charge on any atom is 0.194 e. The first-order valence-electron chi connectivity index (χ1n) is 9.28. The number of methoxy groups -OCH3 is 4. The lowest BCUT2D eigenvalue weighted by molar-refractivity contribution is -0.234. The molecule has 1 heterocycles. The van der Waals surface area contributed by atoms with Gasteiger partial charge in [0.25, 0.3) is 0 Å². The first kappa shape index (κ1) is 19.9. The van der Waals surface area contributed by atoms with E-state index in [9.17, 15) is 0 Å². The maximum atomic E-state index is 6.61.